The largest absolute Gasteiger partial charge is 0.495 e. The van der Waals surface area contributed by atoms with Crippen molar-refractivity contribution >= 4 is 53.5 Å². The zero-order valence-corrected chi connectivity index (χ0v) is 73.7. The molecule has 0 fully saturated rings. The summed E-state index contributed by atoms with van der Waals surface area (Å²) >= 11 is 3.47. The summed E-state index contributed by atoms with van der Waals surface area (Å²) in [4.78, 5) is 21.7. The van der Waals surface area contributed by atoms with E-state index in [-0.39, 0.29) is 0 Å². The van der Waals surface area contributed by atoms with Crippen LogP contribution >= 0.6 is 23.5 Å². The van der Waals surface area contributed by atoms with Gasteiger partial charge in [0.2, 0.25) is 0 Å². The van der Waals surface area contributed by atoms with Crippen LogP contribution in [-0.2, 0) is 14.2 Å². The van der Waals surface area contributed by atoms with Gasteiger partial charge in [-0.15, -0.1) is 11.8 Å². The first-order valence-electron chi connectivity index (χ1n) is 37.6. The van der Waals surface area contributed by atoms with Crippen LogP contribution in [0.15, 0.2) is 173 Å². The number of thioether (sulfide) groups is 2. The molecule has 0 atom stereocenters. The number of rotatable bonds is 0. The molecule has 0 amide bonds. The molecular formula is C85H162N8O3S2. The lowest BCUT2D eigenvalue weighted by molar-refractivity contribution is 0.0648. The van der Waals surface area contributed by atoms with Gasteiger partial charge in [-0.3, -0.25) is 25.0 Å². The molecule has 0 saturated carbocycles. The fourth-order valence-corrected chi connectivity index (χ4v) is 7.77. The molecule has 0 unspecified atom stereocenters. The van der Waals surface area contributed by atoms with Crippen molar-refractivity contribution in [2.45, 2.75) is 309 Å². The van der Waals surface area contributed by atoms with E-state index in [1.165, 1.54) is 104 Å². The molecule has 13 heteroatoms. The second-order valence-corrected chi connectivity index (χ2v) is 22.4. The van der Waals surface area contributed by atoms with E-state index in [0.717, 1.165) is 68.1 Å². The molecule has 0 radical (unpaired) electrons. The van der Waals surface area contributed by atoms with E-state index in [0.29, 0.717) is 13.2 Å². The van der Waals surface area contributed by atoms with Gasteiger partial charge in [0, 0.05) is 41.3 Å². The number of allylic oxidation sites excluding steroid dienone is 21. The highest BCUT2D eigenvalue weighted by Crippen LogP contribution is 2.21. The van der Waals surface area contributed by atoms with Crippen LogP contribution in [0.2, 0.25) is 0 Å². The Balaban J connectivity index is -0.000000107. The van der Waals surface area contributed by atoms with Crippen molar-refractivity contribution in [2.24, 2.45) is 25.0 Å². The first-order chi connectivity index (χ1) is 47.0. The number of hydrogen-bond acceptors (Lipinski definition) is 13. The van der Waals surface area contributed by atoms with Gasteiger partial charge >= 0.3 is 0 Å². The summed E-state index contributed by atoms with van der Waals surface area (Å²) in [6, 6.07) is 0. The summed E-state index contributed by atoms with van der Waals surface area (Å²) in [7, 11) is 0. The van der Waals surface area contributed by atoms with E-state index in [2.05, 4.69) is 181 Å². The summed E-state index contributed by atoms with van der Waals surface area (Å²) in [5.41, 5.74) is 25.9. The Bertz CT molecular complexity index is 2150. The third-order valence-electron chi connectivity index (χ3n) is 13.9. The Kier molecular flexibility index (Phi) is 102. The average Bonchev–Trinajstić information content (AvgIpc) is 3.85. The first-order valence-corrected chi connectivity index (χ1v) is 39.5. The van der Waals surface area contributed by atoms with Crippen molar-refractivity contribution in [1.82, 2.24) is 16.0 Å². The molecule has 3 aliphatic carbocycles. The second kappa shape index (κ2) is 87.6. The van der Waals surface area contributed by atoms with Crippen LogP contribution in [0.1, 0.15) is 309 Å². The van der Waals surface area contributed by atoms with Crippen LogP contribution in [0, 0.1) is 0 Å². The highest BCUT2D eigenvalue weighted by Gasteiger charge is 2.06. The molecule has 11 nitrogen and oxygen atoms in total. The van der Waals surface area contributed by atoms with Crippen molar-refractivity contribution in [3.63, 3.8) is 0 Å². The van der Waals surface area contributed by atoms with Crippen molar-refractivity contribution in [2.75, 3.05) is 58.3 Å². The van der Waals surface area contributed by atoms with Gasteiger partial charge in [-0.2, -0.15) is 0 Å². The fourth-order valence-electron chi connectivity index (χ4n) is 6.44. The molecule has 572 valence electrons. The third kappa shape index (κ3) is 69.0. The topological polar surface area (TPSA) is 126 Å². The van der Waals surface area contributed by atoms with Gasteiger partial charge in [-0.1, -0.05) is 220 Å². The van der Waals surface area contributed by atoms with Gasteiger partial charge in [0.15, 0.2) is 0 Å². The quantitative estimate of drug-likeness (QED) is 0.205. The van der Waals surface area contributed by atoms with Crippen LogP contribution in [0.4, 0.5) is 0 Å². The zero-order chi connectivity index (χ0) is 78.4. The lowest BCUT2D eigenvalue weighted by Crippen LogP contribution is -2.24. The van der Waals surface area contributed by atoms with Crippen LogP contribution in [0.5, 0.6) is 0 Å². The number of nitrogens with zero attached hydrogens (tertiary/aromatic N) is 5. The molecule has 3 N–H and O–H groups in total. The van der Waals surface area contributed by atoms with Gasteiger partial charge in [0.1, 0.15) is 37.1 Å². The van der Waals surface area contributed by atoms with Crippen LogP contribution in [0.25, 0.3) is 0 Å². The summed E-state index contributed by atoms with van der Waals surface area (Å²) in [5, 5.41) is 9.23. The van der Waals surface area contributed by atoms with Crippen molar-refractivity contribution in [3.05, 3.63) is 148 Å². The smallest absolute Gasteiger partial charge is 0.130 e. The fraction of sp³-hybridized carbons (Fsp3) is 0.635. The van der Waals surface area contributed by atoms with E-state index in [1.807, 2.05) is 190 Å². The molecule has 10 rings (SSSR count). The molecule has 0 saturated heterocycles. The summed E-state index contributed by atoms with van der Waals surface area (Å²) in [5.74, 6) is 3.97. The minimum Gasteiger partial charge on any atom is -0.495 e. The summed E-state index contributed by atoms with van der Waals surface area (Å²) in [6.45, 7) is 88.5. The van der Waals surface area contributed by atoms with E-state index in [1.54, 1.807) is 52.9 Å². The minimum atomic E-state index is 0.698. The molecule has 10 aliphatic rings. The predicted octanol–water partition coefficient (Wildman–Crippen LogP) is 27.4. The number of hydrogen-bond donors (Lipinski definition) is 3. The predicted molar refractivity (Wildman–Crippen MR) is 462 cm³/mol. The third-order valence-corrected chi connectivity index (χ3v) is 15.7. The molecule has 0 spiro atoms. The maximum atomic E-state index is 5.21. The van der Waals surface area contributed by atoms with Gasteiger partial charge in [0.25, 0.3) is 0 Å². The van der Waals surface area contributed by atoms with Gasteiger partial charge in [0.05, 0.1) is 49.9 Å². The normalized spacial score (nSPS) is 16.1. The standard InChI is InChI=1S/2C8H12.C7H10.2C6H10N2.C6H11NO.2C6H9NS.C6H9N.C6H10O2.10C2H6/c2*1-7-5-3-4-6-8(7)2;1-6-4-3-5-7(6)2;2*1-5-3-7-4-8-6(5)2;1-5-6(2)8-4-3-7-5;1-5-3-8-4-7-6(5)2;1-5-3-7-4-8-6(5)2;1-5-3-7-4-6(5)2;1-5-6(2)8-4-3-7-5;10*1-2/h3,5H,4,6H2,1-2H3;3-4H,5-6H2,1-2H3;3-4H,5H2,1-2H3;2*4H,3H2,1-2H3,(H,7,8);7H,3-4H2,1-2H3;2*4H,3H2,1-2H3;3H,4H2,1-2H3;3-4H2,1-2H3;10*1-2H3. The maximum absolute atomic E-state index is 5.21. The highest BCUT2D eigenvalue weighted by molar-refractivity contribution is 8.15. The molecule has 0 aromatic heterocycles. The van der Waals surface area contributed by atoms with E-state index >= 15 is 0 Å². The van der Waals surface area contributed by atoms with Crippen LogP contribution in [-0.4, -0.2) is 88.3 Å². The van der Waals surface area contributed by atoms with E-state index in [4.69, 9.17) is 14.2 Å². The highest BCUT2D eigenvalue weighted by atomic mass is 32.2. The molecule has 98 heavy (non-hydrogen) atoms. The first kappa shape index (κ1) is 114. The molecule has 0 aromatic rings. The summed E-state index contributed by atoms with van der Waals surface area (Å²) in [6.07, 6.45) is 24.7. The lowest BCUT2D eigenvalue weighted by atomic mass is 10.0. The minimum absolute atomic E-state index is 0.698. The Morgan fingerprint density at radius 2 is 0.765 bits per heavy atom. The maximum Gasteiger partial charge on any atom is 0.130 e. The summed E-state index contributed by atoms with van der Waals surface area (Å²) < 4.78 is 15.5. The molecule has 7 aliphatic heterocycles. The second-order valence-electron chi connectivity index (χ2n) is 20.5. The van der Waals surface area contributed by atoms with E-state index in [9.17, 15) is 0 Å². The van der Waals surface area contributed by atoms with Gasteiger partial charge < -0.3 is 30.2 Å². The number of nitrogens with one attached hydrogen (secondary N) is 3. The molecule has 0 aromatic carbocycles. The molecule has 0 bridgehead atoms. The monoisotopic (exact) mass is 1410 g/mol. The number of ether oxygens (including phenoxy) is 3. The molecular weight excluding hydrogens is 1250 g/mol. The number of aliphatic imine (C=N–C) groups is 5. The van der Waals surface area contributed by atoms with Crippen LogP contribution in [0.3, 0.4) is 0 Å². The van der Waals surface area contributed by atoms with Crippen molar-refractivity contribution < 1.29 is 14.2 Å². The Hall–Kier alpha value is -5.53. The molecule has 7 heterocycles. The van der Waals surface area contributed by atoms with Crippen LogP contribution < -0.4 is 16.0 Å². The Labute approximate surface area is 620 Å². The van der Waals surface area contributed by atoms with Crippen molar-refractivity contribution in [1.29, 1.82) is 0 Å². The Morgan fingerprint density at radius 1 is 0.357 bits per heavy atom. The zero-order valence-electron chi connectivity index (χ0n) is 72.0. The average molecular weight is 1410 g/mol. The van der Waals surface area contributed by atoms with Gasteiger partial charge in [-0.05, 0) is 209 Å². The Morgan fingerprint density at radius 3 is 0.980 bits per heavy atom. The van der Waals surface area contributed by atoms with Crippen molar-refractivity contribution in [3.8, 4) is 0 Å². The van der Waals surface area contributed by atoms with Gasteiger partial charge in [-0.25, -0.2) is 0 Å². The SMILES string of the molecule is CC.CC.CC.CC.CC.CC.CC.CC.CC.CC.CC1=C(C)CC=C1.CC1=C(C)CC=CC1.CC1=C(C)CCC=C1.CC1=C(C)CN=C1.CC1=C(C)N=CSC1.CC1=C(C)NC=NC1.CC1=C(C)NC=NC1.CC1=C(C)OCCN1.CC1=C(C)OCCO1.CC1=C(C)SC=NC1. The van der Waals surface area contributed by atoms with E-state index < -0.39 is 0 Å². The lowest BCUT2D eigenvalue weighted by Gasteiger charge is -2.17.